The first-order valence-corrected chi connectivity index (χ1v) is 10.2. The van der Waals surface area contributed by atoms with E-state index in [0.717, 1.165) is 5.56 Å². The number of sulfone groups is 1. The predicted octanol–water partition coefficient (Wildman–Crippen LogP) is 2.25. The minimum absolute atomic E-state index is 0.00466. The molecule has 0 fully saturated rings. The van der Waals surface area contributed by atoms with Crippen LogP contribution in [0.1, 0.15) is 17.2 Å². The smallest absolute Gasteiger partial charge is 0.338 e. The van der Waals surface area contributed by atoms with Crippen molar-refractivity contribution >= 4 is 21.8 Å². The van der Waals surface area contributed by atoms with Crippen LogP contribution >= 0.6 is 0 Å². The molecule has 28 heavy (non-hydrogen) atoms. The third-order valence-corrected chi connectivity index (χ3v) is 6.07. The number of ether oxygens (including phenoxy) is 1. The number of benzene rings is 2. The summed E-state index contributed by atoms with van der Waals surface area (Å²) in [6.45, 7) is 1.92. The van der Waals surface area contributed by atoms with Crippen LogP contribution in [0.5, 0.6) is 0 Å². The van der Waals surface area contributed by atoms with Crippen LogP contribution in [-0.4, -0.2) is 33.3 Å². The standard InChI is InChI=1S/C20H20N2O5S/c1-13-8-10-14(11-9-13)18-17(19(23)27-2)16(21-20(24)22-18)12-28(25,26)15-6-4-3-5-7-15/h3-11,18H,12H2,1-2H3,(H2,21,22,24). The number of methoxy groups -OCH3 is 1. The summed E-state index contributed by atoms with van der Waals surface area (Å²) in [5, 5.41) is 5.14. The number of carbonyl (C=O) groups is 2. The summed E-state index contributed by atoms with van der Waals surface area (Å²) in [5.41, 5.74) is 1.73. The van der Waals surface area contributed by atoms with Crippen LogP contribution in [0, 0.1) is 6.92 Å². The van der Waals surface area contributed by atoms with Gasteiger partial charge in [-0.25, -0.2) is 18.0 Å². The number of carbonyl (C=O) groups excluding carboxylic acids is 2. The van der Waals surface area contributed by atoms with Gasteiger partial charge in [0.2, 0.25) is 0 Å². The average Bonchev–Trinajstić information content (AvgIpc) is 2.68. The Morgan fingerprint density at radius 3 is 2.32 bits per heavy atom. The number of rotatable bonds is 5. The number of hydrogen-bond acceptors (Lipinski definition) is 5. The Labute approximate surface area is 163 Å². The molecule has 0 aliphatic carbocycles. The van der Waals surface area contributed by atoms with Crippen LogP contribution in [0.4, 0.5) is 4.79 Å². The van der Waals surface area contributed by atoms with Gasteiger partial charge in [-0.2, -0.15) is 0 Å². The lowest BCUT2D eigenvalue weighted by atomic mass is 9.95. The summed E-state index contributed by atoms with van der Waals surface area (Å²) in [6, 6.07) is 13.7. The van der Waals surface area contributed by atoms with Crippen molar-refractivity contribution in [1.82, 2.24) is 10.6 Å². The van der Waals surface area contributed by atoms with E-state index in [0.29, 0.717) is 5.56 Å². The zero-order valence-electron chi connectivity index (χ0n) is 15.4. The maximum atomic E-state index is 12.8. The predicted molar refractivity (Wildman–Crippen MR) is 103 cm³/mol. The average molecular weight is 400 g/mol. The third-order valence-electron chi connectivity index (χ3n) is 4.41. The van der Waals surface area contributed by atoms with Crippen molar-refractivity contribution in [3.05, 3.63) is 77.0 Å². The van der Waals surface area contributed by atoms with Crippen molar-refractivity contribution in [3.63, 3.8) is 0 Å². The number of hydrogen-bond donors (Lipinski definition) is 2. The van der Waals surface area contributed by atoms with Gasteiger partial charge in [0.05, 0.1) is 29.4 Å². The Morgan fingerprint density at radius 1 is 1.07 bits per heavy atom. The van der Waals surface area contributed by atoms with E-state index in [1.54, 1.807) is 30.3 Å². The summed E-state index contributed by atoms with van der Waals surface area (Å²) in [6.07, 6.45) is 0. The van der Waals surface area contributed by atoms with E-state index in [-0.39, 0.29) is 16.2 Å². The lowest BCUT2D eigenvalue weighted by Gasteiger charge is -2.29. The van der Waals surface area contributed by atoms with Crippen molar-refractivity contribution in [2.75, 3.05) is 12.9 Å². The van der Waals surface area contributed by atoms with Crippen molar-refractivity contribution in [2.24, 2.45) is 0 Å². The highest BCUT2D eigenvalue weighted by Gasteiger charge is 2.35. The second-order valence-corrected chi connectivity index (χ2v) is 8.39. The van der Waals surface area contributed by atoms with Crippen molar-refractivity contribution in [1.29, 1.82) is 0 Å². The molecule has 2 N–H and O–H groups in total. The molecule has 3 rings (SSSR count). The number of nitrogens with one attached hydrogen (secondary N) is 2. The van der Waals surface area contributed by atoms with Gasteiger partial charge in [-0.1, -0.05) is 48.0 Å². The Hall–Kier alpha value is -3.13. The van der Waals surface area contributed by atoms with Gasteiger partial charge < -0.3 is 15.4 Å². The molecule has 2 aromatic rings. The fourth-order valence-corrected chi connectivity index (χ4v) is 4.34. The monoisotopic (exact) mass is 400 g/mol. The molecule has 7 nitrogen and oxygen atoms in total. The van der Waals surface area contributed by atoms with E-state index < -0.39 is 33.6 Å². The molecular formula is C20H20N2O5S. The number of esters is 1. The highest BCUT2D eigenvalue weighted by molar-refractivity contribution is 7.91. The van der Waals surface area contributed by atoms with E-state index in [2.05, 4.69) is 10.6 Å². The van der Waals surface area contributed by atoms with Crippen LogP contribution in [0.15, 0.2) is 70.8 Å². The zero-order valence-corrected chi connectivity index (χ0v) is 16.2. The van der Waals surface area contributed by atoms with E-state index in [4.69, 9.17) is 4.74 Å². The van der Waals surface area contributed by atoms with Crippen molar-refractivity contribution < 1.29 is 22.7 Å². The molecule has 0 saturated carbocycles. The van der Waals surface area contributed by atoms with Gasteiger partial charge >= 0.3 is 12.0 Å². The Bertz CT molecular complexity index is 1030. The molecule has 2 aromatic carbocycles. The van der Waals surface area contributed by atoms with Gasteiger partial charge in [0.1, 0.15) is 0 Å². The maximum absolute atomic E-state index is 12.8. The molecule has 1 aliphatic heterocycles. The molecule has 0 saturated heterocycles. The summed E-state index contributed by atoms with van der Waals surface area (Å²) in [7, 11) is -2.57. The normalized spacial score (nSPS) is 16.9. The second kappa shape index (κ2) is 7.85. The molecule has 0 aromatic heterocycles. The Balaban J connectivity index is 2.09. The summed E-state index contributed by atoms with van der Waals surface area (Å²) in [4.78, 5) is 24.8. The van der Waals surface area contributed by atoms with Crippen LogP contribution in [0.2, 0.25) is 0 Å². The van der Waals surface area contributed by atoms with Gasteiger partial charge in [0.25, 0.3) is 0 Å². The molecule has 1 unspecified atom stereocenters. The van der Waals surface area contributed by atoms with E-state index in [1.807, 2.05) is 19.1 Å². The second-order valence-electron chi connectivity index (χ2n) is 6.40. The third kappa shape index (κ3) is 4.07. The minimum atomic E-state index is -3.78. The molecule has 0 radical (unpaired) electrons. The van der Waals surface area contributed by atoms with E-state index in [1.165, 1.54) is 19.2 Å². The van der Waals surface area contributed by atoms with Gasteiger partial charge in [-0.05, 0) is 24.6 Å². The highest BCUT2D eigenvalue weighted by atomic mass is 32.2. The fraction of sp³-hybridized carbons (Fsp3) is 0.200. The summed E-state index contributed by atoms with van der Waals surface area (Å²) in [5.74, 6) is -1.24. The first kappa shape index (κ1) is 19.6. The number of urea groups is 1. The van der Waals surface area contributed by atoms with Crippen LogP contribution in [-0.2, 0) is 19.4 Å². The Morgan fingerprint density at radius 2 is 1.71 bits per heavy atom. The van der Waals surface area contributed by atoms with Crippen LogP contribution < -0.4 is 10.6 Å². The topological polar surface area (TPSA) is 102 Å². The largest absolute Gasteiger partial charge is 0.466 e. The van der Waals surface area contributed by atoms with Gasteiger partial charge in [-0.15, -0.1) is 0 Å². The molecule has 1 atom stereocenters. The summed E-state index contributed by atoms with van der Waals surface area (Å²) >= 11 is 0. The number of amides is 2. The Kier molecular flexibility index (Phi) is 5.51. The SMILES string of the molecule is COC(=O)C1=C(CS(=O)(=O)c2ccccc2)NC(=O)NC1c1ccc(C)cc1. The van der Waals surface area contributed by atoms with Gasteiger partial charge in [0.15, 0.2) is 9.84 Å². The van der Waals surface area contributed by atoms with Gasteiger partial charge in [-0.3, -0.25) is 0 Å². The molecule has 0 spiro atoms. The van der Waals surface area contributed by atoms with Crippen LogP contribution in [0.25, 0.3) is 0 Å². The van der Waals surface area contributed by atoms with Crippen molar-refractivity contribution in [3.8, 4) is 0 Å². The molecule has 1 aliphatic rings. The van der Waals surface area contributed by atoms with Crippen LogP contribution in [0.3, 0.4) is 0 Å². The molecular weight excluding hydrogens is 380 g/mol. The maximum Gasteiger partial charge on any atom is 0.338 e. The lowest BCUT2D eigenvalue weighted by Crippen LogP contribution is -2.47. The first-order valence-electron chi connectivity index (χ1n) is 8.55. The lowest BCUT2D eigenvalue weighted by molar-refractivity contribution is -0.136. The number of aryl methyl sites for hydroxylation is 1. The van der Waals surface area contributed by atoms with E-state index in [9.17, 15) is 18.0 Å². The summed E-state index contributed by atoms with van der Waals surface area (Å²) < 4.78 is 30.5. The molecule has 2 amide bonds. The van der Waals surface area contributed by atoms with Gasteiger partial charge in [0, 0.05) is 5.70 Å². The zero-order chi connectivity index (χ0) is 20.3. The molecule has 0 bridgehead atoms. The fourth-order valence-electron chi connectivity index (χ4n) is 2.99. The molecule has 146 valence electrons. The van der Waals surface area contributed by atoms with Crippen molar-refractivity contribution in [2.45, 2.75) is 17.9 Å². The highest BCUT2D eigenvalue weighted by Crippen LogP contribution is 2.29. The minimum Gasteiger partial charge on any atom is -0.466 e. The van der Waals surface area contributed by atoms with E-state index >= 15 is 0 Å². The molecule has 8 heteroatoms. The quantitative estimate of drug-likeness (QED) is 0.750. The molecule has 1 heterocycles. The first-order chi connectivity index (χ1) is 13.3.